The Kier molecular flexibility index (Phi) is 8.82. The summed E-state index contributed by atoms with van der Waals surface area (Å²) in [6.45, 7) is 7.87. The van der Waals surface area contributed by atoms with Crippen molar-refractivity contribution in [1.29, 1.82) is 0 Å². The van der Waals surface area contributed by atoms with E-state index in [1.54, 1.807) is 12.1 Å². The van der Waals surface area contributed by atoms with Crippen molar-refractivity contribution in [3.05, 3.63) is 59.9 Å². The zero-order valence-corrected chi connectivity index (χ0v) is 17.8. The zero-order valence-electron chi connectivity index (χ0n) is 17.8. The third kappa shape index (κ3) is 7.04. The Labute approximate surface area is 175 Å². The van der Waals surface area contributed by atoms with Gasteiger partial charge in [-0.2, -0.15) is 0 Å². The zero-order chi connectivity index (χ0) is 20.3. The van der Waals surface area contributed by atoms with E-state index in [0.29, 0.717) is 12.4 Å². The Bertz CT molecular complexity index is 714. The van der Waals surface area contributed by atoms with Crippen molar-refractivity contribution in [1.82, 2.24) is 4.90 Å². The van der Waals surface area contributed by atoms with Crippen LogP contribution < -0.4 is 9.64 Å². The lowest BCUT2D eigenvalue weighted by atomic mass is 10.1. The number of piperazine rings is 1. The number of halogens is 1. The van der Waals surface area contributed by atoms with E-state index in [1.165, 1.54) is 45.1 Å². The third-order valence-corrected chi connectivity index (χ3v) is 5.72. The first-order valence-electron chi connectivity index (χ1n) is 11.2. The van der Waals surface area contributed by atoms with Gasteiger partial charge in [-0.1, -0.05) is 69.4 Å². The summed E-state index contributed by atoms with van der Waals surface area (Å²) in [6, 6.07) is 15.2. The second kappa shape index (κ2) is 11.8. The topological polar surface area (TPSA) is 15.7 Å². The Morgan fingerprint density at radius 3 is 2.31 bits per heavy atom. The van der Waals surface area contributed by atoms with E-state index in [1.807, 2.05) is 36.4 Å². The first-order chi connectivity index (χ1) is 14.3. The fourth-order valence-electron chi connectivity index (χ4n) is 3.88. The highest BCUT2D eigenvalue weighted by molar-refractivity contribution is 5.50. The normalized spacial score (nSPS) is 14.9. The van der Waals surface area contributed by atoms with Crippen LogP contribution in [0.5, 0.6) is 5.75 Å². The molecule has 1 aliphatic heterocycles. The Balaban J connectivity index is 1.40. The predicted molar refractivity (Wildman–Crippen MR) is 119 cm³/mol. The average Bonchev–Trinajstić information content (AvgIpc) is 2.76. The van der Waals surface area contributed by atoms with Crippen molar-refractivity contribution in [2.45, 2.75) is 52.1 Å². The summed E-state index contributed by atoms with van der Waals surface area (Å²) in [7, 11) is 0. The van der Waals surface area contributed by atoms with Crippen LogP contribution in [0.15, 0.2) is 48.5 Å². The molecule has 0 N–H and O–H groups in total. The maximum atomic E-state index is 14.5. The molecule has 4 heteroatoms. The number of nitrogens with zero attached hydrogens (tertiary/aromatic N) is 2. The third-order valence-electron chi connectivity index (χ3n) is 5.72. The van der Waals surface area contributed by atoms with Crippen LogP contribution in [0.4, 0.5) is 10.1 Å². The Morgan fingerprint density at radius 1 is 0.862 bits per heavy atom. The maximum absolute atomic E-state index is 14.5. The van der Waals surface area contributed by atoms with Crippen LogP contribution in [-0.2, 0) is 6.61 Å². The van der Waals surface area contributed by atoms with Crippen LogP contribution in [0.25, 0.3) is 0 Å². The SMILES string of the molecule is CCCCCCCCN1CCN(c2ccc(OCc3ccccc3)c(F)c2)CC1. The molecule has 0 amide bonds. The van der Waals surface area contributed by atoms with Gasteiger partial charge in [-0.25, -0.2) is 4.39 Å². The predicted octanol–water partition coefficient (Wildman–Crippen LogP) is 5.89. The molecule has 0 unspecified atom stereocenters. The fraction of sp³-hybridized carbons (Fsp3) is 0.520. The maximum Gasteiger partial charge on any atom is 0.167 e. The molecule has 1 heterocycles. The van der Waals surface area contributed by atoms with Crippen LogP contribution >= 0.6 is 0 Å². The average molecular weight is 399 g/mol. The van der Waals surface area contributed by atoms with Gasteiger partial charge in [0.15, 0.2) is 11.6 Å². The highest BCUT2D eigenvalue weighted by Crippen LogP contribution is 2.25. The molecule has 0 spiro atoms. The highest BCUT2D eigenvalue weighted by Gasteiger charge is 2.18. The first-order valence-corrected chi connectivity index (χ1v) is 11.2. The quantitative estimate of drug-likeness (QED) is 0.439. The van der Waals surface area contributed by atoms with Crippen molar-refractivity contribution < 1.29 is 9.13 Å². The first kappa shape index (κ1) is 21.6. The lowest BCUT2D eigenvalue weighted by Gasteiger charge is -2.36. The van der Waals surface area contributed by atoms with E-state index >= 15 is 0 Å². The molecule has 0 aromatic heterocycles. The summed E-state index contributed by atoms with van der Waals surface area (Å²) in [5, 5.41) is 0. The molecule has 1 saturated heterocycles. The van der Waals surface area contributed by atoms with Crippen LogP contribution in [-0.4, -0.2) is 37.6 Å². The lowest BCUT2D eigenvalue weighted by Crippen LogP contribution is -2.46. The van der Waals surface area contributed by atoms with Gasteiger partial charge in [-0.3, -0.25) is 4.90 Å². The smallest absolute Gasteiger partial charge is 0.167 e. The van der Waals surface area contributed by atoms with Gasteiger partial charge in [0, 0.05) is 37.9 Å². The van der Waals surface area contributed by atoms with Gasteiger partial charge in [0.1, 0.15) is 6.61 Å². The molecular formula is C25H35FN2O. The summed E-state index contributed by atoms with van der Waals surface area (Å²) >= 11 is 0. The Morgan fingerprint density at radius 2 is 1.59 bits per heavy atom. The van der Waals surface area contributed by atoms with E-state index in [2.05, 4.69) is 16.7 Å². The van der Waals surface area contributed by atoms with Gasteiger partial charge in [0.25, 0.3) is 0 Å². The van der Waals surface area contributed by atoms with Gasteiger partial charge in [-0.05, 0) is 30.7 Å². The fourth-order valence-corrected chi connectivity index (χ4v) is 3.88. The van der Waals surface area contributed by atoms with Gasteiger partial charge in [-0.15, -0.1) is 0 Å². The van der Waals surface area contributed by atoms with Crippen LogP contribution in [0.1, 0.15) is 51.0 Å². The molecule has 0 saturated carbocycles. The number of hydrogen-bond acceptors (Lipinski definition) is 3. The highest BCUT2D eigenvalue weighted by atomic mass is 19.1. The molecule has 0 bridgehead atoms. The molecule has 3 nitrogen and oxygen atoms in total. The standard InChI is InChI=1S/C25H35FN2O/c1-2-3-4-5-6-10-15-27-16-18-28(19-17-27)23-13-14-25(24(26)20-23)29-21-22-11-8-7-9-12-22/h7-9,11-14,20H,2-6,10,15-19,21H2,1H3. The summed E-state index contributed by atoms with van der Waals surface area (Å²) in [6.07, 6.45) is 8.06. The minimum Gasteiger partial charge on any atom is -0.486 e. The Hall–Kier alpha value is -2.07. The molecule has 2 aromatic rings. The van der Waals surface area contributed by atoms with E-state index in [0.717, 1.165) is 37.4 Å². The molecule has 0 aliphatic carbocycles. The van der Waals surface area contributed by atoms with Crippen molar-refractivity contribution in [2.75, 3.05) is 37.6 Å². The van der Waals surface area contributed by atoms with Crippen LogP contribution in [0.2, 0.25) is 0 Å². The molecule has 0 radical (unpaired) electrons. The molecule has 3 rings (SSSR count). The summed E-state index contributed by atoms with van der Waals surface area (Å²) in [5.74, 6) is 0.0345. The van der Waals surface area contributed by atoms with Crippen LogP contribution in [0, 0.1) is 5.82 Å². The largest absolute Gasteiger partial charge is 0.486 e. The monoisotopic (exact) mass is 398 g/mol. The van der Waals surface area contributed by atoms with Gasteiger partial charge in [0.2, 0.25) is 0 Å². The van der Waals surface area contributed by atoms with Crippen molar-refractivity contribution in [3.8, 4) is 5.75 Å². The summed E-state index contributed by atoms with van der Waals surface area (Å²) < 4.78 is 20.2. The molecule has 158 valence electrons. The summed E-state index contributed by atoms with van der Waals surface area (Å²) in [5.41, 5.74) is 1.99. The molecule has 0 atom stereocenters. The molecule has 2 aromatic carbocycles. The minimum atomic E-state index is -0.284. The van der Waals surface area contributed by atoms with Crippen molar-refractivity contribution in [2.24, 2.45) is 0 Å². The number of benzene rings is 2. The van der Waals surface area contributed by atoms with Crippen molar-refractivity contribution >= 4 is 5.69 Å². The molecule has 1 fully saturated rings. The number of rotatable bonds is 11. The minimum absolute atomic E-state index is 0.284. The van der Waals surface area contributed by atoms with E-state index < -0.39 is 0 Å². The van der Waals surface area contributed by atoms with Crippen molar-refractivity contribution in [3.63, 3.8) is 0 Å². The number of anilines is 1. The summed E-state index contributed by atoms with van der Waals surface area (Å²) in [4.78, 5) is 4.83. The molecule has 29 heavy (non-hydrogen) atoms. The van der Waals surface area contributed by atoms with Gasteiger partial charge in [0.05, 0.1) is 0 Å². The molecular weight excluding hydrogens is 363 g/mol. The van der Waals surface area contributed by atoms with Crippen LogP contribution in [0.3, 0.4) is 0 Å². The number of unbranched alkanes of at least 4 members (excludes halogenated alkanes) is 5. The van der Waals surface area contributed by atoms with Gasteiger partial charge >= 0.3 is 0 Å². The lowest BCUT2D eigenvalue weighted by molar-refractivity contribution is 0.251. The number of ether oxygens (including phenoxy) is 1. The van der Waals surface area contributed by atoms with E-state index in [9.17, 15) is 4.39 Å². The van der Waals surface area contributed by atoms with E-state index in [-0.39, 0.29) is 5.82 Å². The molecule has 1 aliphatic rings. The van der Waals surface area contributed by atoms with Gasteiger partial charge < -0.3 is 9.64 Å². The number of hydrogen-bond donors (Lipinski definition) is 0. The second-order valence-electron chi connectivity index (χ2n) is 7.99. The van der Waals surface area contributed by atoms with E-state index in [4.69, 9.17) is 4.74 Å². The second-order valence-corrected chi connectivity index (χ2v) is 7.99.